The maximum Gasteiger partial charge on any atom is 0.138 e. The number of aromatic nitrogens is 3. The number of hydrogen-bond acceptors (Lipinski definition) is 4. The minimum atomic E-state index is 0.467. The molecule has 2 atom stereocenters. The van der Waals surface area contributed by atoms with E-state index >= 15 is 0 Å². The molecule has 0 saturated carbocycles. The summed E-state index contributed by atoms with van der Waals surface area (Å²) in [6.07, 6.45) is 10.3. The molecule has 2 heterocycles. The smallest absolute Gasteiger partial charge is 0.138 e. The van der Waals surface area contributed by atoms with Gasteiger partial charge in [-0.2, -0.15) is 5.10 Å². The molecule has 5 heteroatoms. The van der Waals surface area contributed by atoms with Gasteiger partial charge in [0.25, 0.3) is 0 Å². The topological polar surface area (TPSA) is 52.0 Å². The zero-order valence-electron chi connectivity index (χ0n) is 12.8. The zero-order chi connectivity index (χ0) is 14.2. The van der Waals surface area contributed by atoms with Crippen LogP contribution in [0.1, 0.15) is 51.3 Å². The van der Waals surface area contributed by atoms with Crippen LogP contribution in [0.2, 0.25) is 0 Å². The molecule has 1 aromatic rings. The van der Waals surface area contributed by atoms with Crippen molar-refractivity contribution in [2.24, 2.45) is 7.05 Å². The molecule has 114 valence electrons. The molecular formula is C15H28N4O. The summed E-state index contributed by atoms with van der Waals surface area (Å²) in [5, 5.41) is 7.79. The van der Waals surface area contributed by atoms with Crippen LogP contribution in [0.5, 0.6) is 0 Å². The predicted molar refractivity (Wildman–Crippen MR) is 79.6 cm³/mol. The van der Waals surface area contributed by atoms with E-state index in [9.17, 15) is 0 Å². The Morgan fingerprint density at radius 2 is 2.40 bits per heavy atom. The third-order valence-corrected chi connectivity index (χ3v) is 4.03. The van der Waals surface area contributed by atoms with E-state index in [4.69, 9.17) is 4.74 Å². The summed E-state index contributed by atoms with van der Waals surface area (Å²) >= 11 is 0. The molecule has 0 radical (unpaired) electrons. The Bertz CT molecular complexity index is 374. The maximum atomic E-state index is 5.83. The van der Waals surface area contributed by atoms with Crippen LogP contribution in [-0.2, 0) is 18.2 Å². The fourth-order valence-electron chi connectivity index (χ4n) is 2.77. The molecule has 0 aliphatic carbocycles. The van der Waals surface area contributed by atoms with E-state index in [2.05, 4.69) is 22.3 Å². The normalized spacial score (nSPS) is 21.0. The van der Waals surface area contributed by atoms with E-state index in [1.807, 2.05) is 11.7 Å². The molecule has 0 spiro atoms. The average molecular weight is 280 g/mol. The van der Waals surface area contributed by atoms with E-state index in [1.165, 1.54) is 19.3 Å². The quantitative estimate of drug-likeness (QED) is 0.792. The Morgan fingerprint density at radius 1 is 1.50 bits per heavy atom. The minimum Gasteiger partial charge on any atom is -0.378 e. The number of ether oxygens (including phenoxy) is 1. The molecule has 2 rings (SSSR count). The molecule has 0 amide bonds. The van der Waals surface area contributed by atoms with Gasteiger partial charge in [0.15, 0.2) is 0 Å². The second-order valence-electron chi connectivity index (χ2n) is 5.72. The highest BCUT2D eigenvalue weighted by atomic mass is 16.5. The van der Waals surface area contributed by atoms with Crippen molar-refractivity contribution in [3.63, 3.8) is 0 Å². The molecule has 5 nitrogen and oxygen atoms in total. The Balaban J connectivity index is 1.81. The van der Waals surface area contributed by atoms with Crippen molar-refractivity contribution < 1.29 is 4.74 Å². The molecule has 1 N–H and O–H groups in total. The van der Waals surface area contributed by atoms with Gasteiger partial charge >= 0.3 is 0 Å². The van der Waals surface area contributed by atoms with E-state index in [-0.39, 0.29) is 0 Å². The van der Waals surface area contributed by atoms with Crippen molar-refractivity contribution in [1.82, 2.24) is 20.1 Å². The van der Waals surface area contributed by atoms with Gasteiger partial charge in [-0.25, -0.2) is 4.98 Å². The number of nitrogens with zero attached hydrogens (tertiary/aromatic N) is 3. The summed E-state index contributed by atoms with van der Waals surface area (Å²) in [6.45, 7) is 4.21. The van der Waals surface area contributed by atoms with Crippen LogP contribution in [0.4, 0.5) is 0 Å². The van der Waals surface area contributed by atoms with Gasteiger partial charge in [0.1, 0.15) is 12.2 Å². The summed E-state index contributed by atoms with van der Waals surface area (Å²) in [4.78, 5) is 4.34. The van der Waals surface area contributed by atoms with Gasteiger partial charge < -0.3 is 10.1 Å². The molecule has 1 aromatic heterocycles. The monoisotopic (exact) mass is 280 g/mol. The fraction of sp³-hybridized carbons (Fsp3) is 0.867. The van der Waals surface area contributed by atoms with Crippen molar-refractivity contribution in [3.8, 4) is 0 Å². The molecule has 2 unspecified atom stereocenters. The first-order valence-electron chi connectivity index (χ1n) is 7.97. The van der Waals surface area contributed by atoms with Crippen molar-refractivity contribution in [2.45, 2.75) is 64.0 Å². The maximum absolute atomic E-state index is 5.83. The van der Waals surface area contributed by atoms with Crippen molar-refractivity contribution >= 4 is 0 Å². The Morgan fingerprint density at radius 3 is 3.05 bits per heavy atom. The molecule has 0 aromatic carbocycles. The first-order chi connectivity index (χ1) is 9.79. The summed E-state index contributed by atoms with van der Waals surface area (Å²) in [5.74, 6) is 1.06. The highest BCUT2D eigenvalue weighted by molar-refractivity contribution is 4.89. The Kier molecular flexibility index (Phi) is 6.47. The molecule has 1 saturated heterocycles. The summed E-state index contributed by atoms with van der Waals surface area (Å²) < 4.78 is 7.70. The van der Waals surface area contributed by atoms with Crippen LogP contribution in [0, 0.1) is 0 Å². The molecule has 20 heavy (non-hydrogen) atoms. The molecule has 0 bridgehead atoms. The third-order valence-electron chi connectivity index (χ3n) is 4.03. The lowest BCUT2D eigenvalue weighted by Gasteiger charge is -2.25. The van der Waals surface area contributed by atoms with E-state index < -0.39 is 0 Å². The second-order valence-corrected chi connectivity index (χ2v) is 5.72. The fourth-order valence-corrected chi connectivity index (χ4v) is 2.77. The average Bonchev–Trinajstić information content (AvgIpc) is 2.88. The lowest BCUT2D eigenvalue weighted by Crippen LogP contribution is -2.34. The van der Waals surface area contributed by atoms with Gasteiger partial charge in [-0.3, -0.25) is 4.68 Å². The van der Waals surface area contributed by atoms with Gasteiger partial charge in [-0.1, -0.05) is 6.92 Å². The van der Waals surface area contributed by atoms with Crippen molar-refractivity contribution in [2.75, 3.05) is 13.2 Å². The van der Waals surface area contributed by atoms with Crippen LogP contribution < -0.4 is 5.32 Å². The third kappa shape index (κ3) is 4.87. The molecular weight excluding hydrogens is 252 g/mol. The minimum absolute atomic E-state index is 0.467. The molecule has 1 aliphatic heterocycles. The largest absolute Gasteiger partial charge is 0.378 e. The van der Waals surface area contributed by atoms with Crippen molar-refractivity contribution in [1.29, 1.82) is 0 Å². The standard InChI is InChI=1S/C15H28N4O/c1-3-9-16-13(11-15-17-12-18-19(15)2)7-8-14-6-4-5-10-20-14/h12-14,16H,3-11H2,1-2H3. The van der Waals surface area contributed by atoms with E-state index in [0.29, 0.717) is 12.1 Å². The highest BCUT2D eigenvalue weighted by Crippen LogP contribution is 2.18. The van der Waals surface area contributed by atoms with Gasteiger partial charge in [0.2, 0.25) is 0 Å². The van der Waals surface area contributed by atoms with Crippen LogP contribution >= 0.6 is 0 Å². The van der Waals surface area contributed by atoms with Crippen LogP contribution in [0.15, 0.2) is 6.33 Å². The predicted octanol–water partition coefficient (Wildman–Crippen LogP) is 2.08. The molecule has 1 aliphatic rings. The first-order valence-corrected chi connectivity index (χ1v) is 7.97. The van der Waals surface area contributed by atoms with Gasteiger partial charge in [0.05, 0.1) is 6.10 Å². The van der Waals surface area contributed by atoms with Gasteiger partial charge in [0, 0.05) is 26.1 Å². The number of aryl methyl sites for hydroxylation is 1. The van der Waals surface area contributed by atoms with Gasteiger partial charge in [-0.05, 0) is 45.1 Å². The summed E-state index contributed by atoms with van der Waals surface area (Å²) in [5.41, 5.74) is 0. The Hall–Kier alpha value is -0.940. The number of hydrogen-bond donors (Lipinski definition) is 1. The lowest BCUT2D eigenvalue weighted by atomic mass is 10.00. The highest BCUT2D eigenvalue weighted by Gasteiger charge is 2.18. The summed E-state index contributed by atoms with van der Waals surface area (Å²) in [7, 11) is 1.96. The van der Waals surface area contributed by atoms with E-state index in [0.717, 1.165) is 44.7 Å². The Labute approximate surface area is 122 Å². The van der Waals surface area contributed by atoms with Crippen LogP contribution in [-0.4, -0.2) is 40.1 Å². The van der Waals surface area contributed by atoms with Crippen LogP contribution in [0.25, 0.3) is 0 Å². The SMILES string of the molecule is CCCNC(CCC1CCCCO1)Cc1ncnn1C. The summed E-state index contributed by atoms with van der Waals surface area (Å²) in [6, 6.07) is 0.475. The molecule has 1 fully saturated rings. The van der Waals surface area contributed by atoms with E-state index in [1.54, 1.807) is 6.33 Å². The van der Waals surface area contributed by atoms with Crippen molar-refractivity contribution in [3.05, 3.63) is 12.2 Å². The number of rotatable bonds is 8. The lowest BCUT2D eigenvalue weighted by molar-refractivity contribution is 0.00854. The number of nitrogens with one attached hydrogen (secondary N) is 1. The zero-order valence-corrected chi connectivity index (χ0v) is 12.8. The van der Waals surface area contributed by atoms with Gasteiger partial charge in [-0.15, -0.1) is 0 Å². The first kappa shape index (κ1) is 15.4. The van der Waals surface area contributed by atoms with Crippen LogP contribution in [0.3, 0.4) is 0 Å². The second kappa shape index (κ2) is 8.37.